The zero-order valence-corrected chi connectivity index (χ0v) is 12.8. The van der Waals surface area contributed by atoms with Crippen LogP contribution in [0.1, 0.15) is 19.3 Å². The van der Waals surface area contributed by atoms with Crippen molar-refractivity contribution in [1.29, 1.82) is 0 Å². The van der Waals surface area contributed by atoms with Gasteiger partial charge in [-0.05, 0) is 31.0 Å². The van der Waals surface area contributed by atoms with Gasteiger partial charge in [-0.25, -0.2) is 0 Å². The number of hydrogen-bond acceptors (Lipinski definition) is 4. The van der Waals surface area contributed by atoms with Gasteiger partial charge >= 0.3 is 0 Å². The van der Waals surface area contributed by atoms with Gasteiger partial charge in [0.25, 0.3) is 0 Å². The van der Waals surface area contributed by atoms with E-state index in [1.165, 1.54) is 0 Å². The van der Waals surface area contributed by atoms with Crippen LogP contribution >= 0.6 is 23.4 Å². The molecule has 0 atom stereocenters. The number of ether oxygens (including phenoxy) is 1. The summed E-state index contributed by atoms with van der Waals surface area (Å²) in [5, 5.41) is 3.98. The molecule has 0 unspecified atom stereocenters. The first kappa shape index (κ1) is 15.5. The average Bonchev–Trinajstić information content (AvgIpc) is 2.44. The number of rotatable bonds is 5. The normalized spacial score (nSPS) is 16.1. The van der Waals surface area contributed by atoms with Crippen molar-refractivity contribution in [1.82, 2.24) is 0 Å². The zero-order valence-electron chi connectivity index (χ0n) is 11.2. The Morgan fingerprint density at radius 3 is 2.95 bits per heavy atom. The van der Waals surface area contributed by atoms with Gasteiger partial charge in [0.15, 0.2) is 0 Å². The highest BCUT2D eigenvalue weighted by Crippen LogP contribution is 2.24. The van der Waals surface area contributed by atoms with Gasteiger partial charge in [-0.1, -0.05) is 11.6 Å². The van der Waals surface area contributed by atoms with E-state index < -0.39 is 0 Å². The third kappa shape index (κ3) is 4.89. The number of nitrogens with one attached hydrogen (secondary N) is 1. The van der Waals surface area contributed by atoms with Gasteiger partial charge in [-0.15, -0.1) is 0 Å². The van der Waals surface area contributed by atoms with E-state index >= 15 is 0 Å². The summed E-state index contributed by atoms with van der Waals surface area (Å²) in [6, 6.07) is 5.06. The Hall–Kier alpha value is -0.910. The number of hydrogen-bond donors (Lipinski definition) is 2. The smallest absolute Gasteiger partial charge is 0.225 e. The minimum atomic E-state index is -0.0291. The van der Waals surface area contributed by atoms with Crippen LogP contribution in [0.15, 0.2) is 18.2 Å². The molecule has 1 heterocycles. The molecule has 2 rings (SSSR count). The van der Waals surface area contributed by atoms with Crippen LogP contribution in [0.4, 0.5) is 11.4 Å². The number of nitrogen functional groups attached to an aromatic ring is 1. The molecule has 0 bridgehead atoms. The van der Waals surface area contributed by atoms with Gasteiger partial charge < -0.3 is 15.8 Å². The molecule has 1 aromatic rings. The summed E-state index contributed by atoms with van der Waals surface area (Å²) in [5.74, 6) is 0.787. The molecule has 1 fully saturated rings. The first-order chi connectivity index (χ1) is 9.65. The van der Waals surface area contributed by atoms with E-state index in [-0.39, 0.29) is 5.91 Å². The van der Waals surface area contributed by atoms with Gasteiger partial charge in [0.2, 0.25) is 5.91 Å². The fraction of sp³-hybridized carbons (Fsp3) is 0.500. The van der Waals surface area contributed by atoms with Gasteiger partial charge in [0.1, 0.15) is 0 Å². The molecule has 4 nitrogen and oxygen atoms in total. The third-order valence-corrected chi connectivity index (χ3v) is 4.76. The number of carbonyl (C=O) groups is 1. The number of nitrogens with two attached hydrogens (primary N) is 1. The van der Waals surface area contributed by atoms with Crippen molar-refractivity contribution < 1.29 is 9.53 Å². The lowest BCUT2D eigenvalue weighted by Crippen LogP contribution is -2.19. The molecule has 0 aliphatic carbocycles. The average molecular weight is 315 g/mol. The number of thioether (sulfide) groups is 1. The van der Waals surface area contributed by atoms with Crippen molar-refractivity contribution in [3.05, 3.63) is 23.2 Å². The Morgan fingerprint density at radius 2 is 2.20 bits per heavy atom. The predicted octanol–water partition coefficient (Wildman–Crippen LogP) is 3.16. The van der Waals surface area contributed by atoms with Crippen LogP contribution in [0.25, 0.3) is 0 Å². The minimum Gasteiger partial charge on any atom is -0.397 e. The van der Waals surface area contributed by atoms with Crippen LogP contribution in [0.5, 0.6) is 0 Å². The number of anilines is 2. The lowest BCUT2D eigenvalue weighted by molar-refractivity contribution is -0.115. The maximum atomic E-state index is 11.9. The monoisotopic (exact) mass is 314 g/mol. The van der Waals surface area contributed by atoms with Crippen molar-refractivity contribution in [2.75, 3.05) is 30.0 Å². The van der Waals surface area contributed by atoms with E-state index in [0.717, 1.165) is 31.8 Å². The topological polar surface area (TPSA) is 64.3 Å². The first-order valence-corrected chi connectivity index (χ1v) is 8.12. The van der Waals surface area contributed by atoms with Crippen LogP contribution in [-0.4, -0.2) is 30.1 Å². The van der Waals surface area contributed by atoms with Gasteiger partial charge in [-0.2, -0.15) is 11.8 Å². The van der Waals surface area contributed by atoms with E-state index in [2.05, 4.69) is 5.32 Å². The molecule has 1 aliphatic heterocycles. The summed E-state index contributed by atoms with van der Waals surface area (Å²) >= 11 is 7.73. The van der Waals surface area contributed by atoms with E-state index in [1.54, 1.807) is 18.2 Å². The maximum absolute atomic E-state index is 11.9. The summed E-state index contributed by atoms with van der Waals surface area (Å²) < 4.78 is 5.31. The molecule has 1 amide bonds. The number of benzene rings is 1. The van der Waals surface area contributed by atoms with Crippen molar-refractivity contribution in [3.8, 4) is 0 Å². The Kier molecular flexibility index (Phi) is 6.01. The van der Waals surface area contributed by atoms with Crippen LogP contribution < -0.4 is 11.1 Å². The lowest BCUT2D eigenvalue weighted by atomic mass is 10.2. The molecule has 3 N–H and O–H groups in total. The fourth-order valence-electron chi connectivity index (χ4n) is 2.01. The predicted molar refractivity (Wildman–Crippen MR) is 85.4 cm³/mol. The second-order valence-electron chi connectivity index (χ2n) is 4.71. The Balaban J connectivity index is 1.73. The quantitative estimate of drug-likeness (QED) is 0.819. The molecular weight excluding hydrogens is 296 g/mol. The van der Waals surface area contributed by atoms with Crippen LogP contribution in [-0.2, 0) is 9.53 Å². The first-order valence-electron chi connectivity index (χ1n) is 6.69. The second-order valence-corrected chi connectivity index (χ2v) is 6.56. The molecule has 1 saturated heterocycles. The highest BCUT2D eigenvalue weighted by molar-refractivity contribution is 7.99. The van der Waals surface area contributed by atoms with E-state index in [9.17, 15) is 4.79 Å². The van der Waals surface area contributed by atoms with Crippen molar-refractivity contribution in [3.63, 3.8) is 0 Å². The highest BCUT2D eigenvalue weighted by atomic mass is 35.5. The number of amides is 1. The Morgan fingerprint density at radius 1 is 1.45 bits per heavy atom. The minimum absolute atomic E-state index is 0.0291. The Bertz CT molecular complexity index is 464. The molecule has 1 aliphatic rings. The largest absolute Gasteiger partial charge is 0.397 e. The van der Waals surface area contributed by atoms with Crippen LogP contribution in [0, 0.1) is 0 Å². The van der Waals surface area contributed by atoms with Crippen molar-refractivity contribution in [2.24, 2.45) is 0 Å². The second kappa shape index (κ2) is 7.76. The summed E-state index contributed by atoms with van der Waals surface area (Å²) in [5.41, 5.74) is 6.90. The highest BCUT2D eigenvalue weighted by Gasteiger charge is 2.14. The van der Waals surface area contributed by atoms with E-state index in [4.69, 9.17) is 22.1 Å². The van der Waals surface area contributed by atoms with Crippen LogP contribution in [0.3, 0.4) is 0 Å². The van der Waals surface area contributed by atoms with Crippen molar-refractivity contribution in [2.45, 2.75) is 24.5 Å². The Labute approximate surface area is 128 Å². The molecule has 0 spiro atoms. The molecule has 6 heteroatoms. The number of carbonyl (C=O) groups excluding carboxylic acids is 1. The summed E-state index contributed by atoms with van der Waals surface area (Å²) in [4.78, 5) is 11.9. The van der Waals surface area contributed by atoms with Crippen molar-refractivity contribution >= 4 is 40.6 Å². The standard InChI is InChI=1S/C14H19ClN2O2S/c15-10-1-2-12(16)13(9-10)17-14(18)5-8-20-11-3-6-19-7-4-11/h1-2,9,11H,3-8,16H2,(H,17,18). The van der Waals surface area contributed by atoms with Gasteiger partial charge in [0, 0.05) is 35.7 Å². The molecule has 110 valence electrons. The van der Waals surface area contributed by atoms with Gasteiger partial charge in [-0.3, -0.25) is 4.79 Å². The van der Waals surface area contributed by atoms with Crippen LogP contribution in [0.2, 0.25) is 5.02 Å². The molecular formula is C14H19ClN2O2S. The molecule has 20 heavy (non-hydrogen) atoms. The summed E-state index contributed by atoms with van der Waals surface area (Å²) in [6.07, 6.45) is 2.63. The fourth-order valence-corrected chi connectivity index (χ4v) is 3.34. The zero-order chi connectivity index (χ0) is 14.4. The number of halogens is 1. The SMILES string of the molecule is Nc1ccc(Cl)cc1NC(=O)CCSC1CCOCC1. The lowest BCUT2D eigenvalue weighted by Gasteiger charge is -2.21. The molecule has 0 saturated carbocycles. The molecule has 0 radical (unpaired) electrons. The van der Waals surface area contributed by atoms with E-state index in [0.29, 0.717) is 28.1 Å². The summed E-state index contributed by atoms with van der Waals surface area (Å²) in [7, 11) is 0. The van der Waals surface area contributed by atoms with Gasteiger partial charge in [0.05, 0.1) is 11.4 Å². The summed E-state index contributed by atoms with van der Waals surface area (Å²) in [6.45, 7) is 1.67. The maximum Gasteiger partial charge on any atom is 0.225 e. The third-order valence-electron chi connectivity index (χ3n) is 3.14. The molecule has 0 aromatic heterocycles. The van der Waals surface area contributed by atoms with E-state index in [1.807, 2.05) is 11.8 Å². The molecule has 1 aromatic carbocycles.